The van der Waals surface area contributed by atoms with Gasteiger partial charge < -0.3 is 14.7 Å². The van der Waals surface area contributed by atoms with E-state index >= 15 is 0 Å². The number of rotatable bonds is 5. The number of ether oxygens (including phenoxy) is 2. The molecule has 2 heterocycles. The third-order valence-corrected chi connectivity index (χ3v) is 6.31. The molecule has 1 fully saturated rings. The lowest BCUT2D eigenvalue weighted by Crippen LogP contribution is -2.35. The molecule has 5 nitrogen and oxygen atoms in total. The summed E-state index contributed by atoms with van der Waals surface area (Å²) in [4.78, 5) is 5.88. The molecule has 3 rings (SSSR count). The number of hydrogen-bond acceptors (Lipinski definition) is 7. The Morgan fingerprint density at radius 3 is 2.67 bits per heavy atom. The van der Waals surface area contributed by atoms with Crippen molar-refractivity contribution in [2.45, 2.75) is 35.3 Å². The van der Waals surface area contributed by atoms with Gasteiger partial charge in [-0.1, -0.05) is 29.1 Å². The number of hydrogen-bond donors (Lipinski definition) is 1. The van der Waals surface area contributed by atoms with E-state index in [1.165, 1.54) is 0 Å². The molecule has 0 radical (unpaired) electrons. The number of oxime groups is 1. The lowest BCUT2D eigenvalue weighted by atomic mass is 9.95. The lowest BCUT2D eigenvalue weighted by Gasteiger charge is -2.33. The third-order valence-electron chi connectivity index (χ3n) is 4.21. The molecule has 0 amide bonds. The SMILES string of the molecule is COC1(c2nc(Sc3ccc(/C(C)=N\O)cc3)cs2)CCOCC1. The van der Waals surface area contributed by atoms with Gasteiger partial charge in [0, 0.05) is 43.4 Å². The van der Waals surface area contributed by atoms with Gasteiger partial charge >= 0.3 is 0 Å². The fraction of sp³-hybridized carbons (Fsp3) is 0.412. The van der Waals surface area contributed by atoms with E-state index < -0.39 is 0 Å². The topological polar surface area (TPSA) is 63.9 Å². The fourth-order valence-electron chi connectivity index (χ4n) is 2.66. The Balaban J connectivity index is 1.74. The van der Waals surface area contributed by atoms with Crippen LogP contribution in [-0.4, -0.2) is 36.2 Å². The van der Waals surface area contributed by atoms with Crippen molar-refractivity contribution < 1.29 is 14.7 Å². The minimum absolute atomic E-state index is 0.305. The van der Waals surface area contributed by atoms with Gasteiger partial charge in [-0.2, -0.15) is 0 Å². The van der Waals surface area contributed by atoms with Crippen molar-refractivity contribution in [3.8, 4) is 0 Å². The second-order valence-corrected chi connectivity index (χ2v) is 7.57. The smallest absolute Gasteiger partial charge is 0.126 e. The molecule has 0 unspecified atom stereocenters. The first-order valence-corrected chi connectivity index (χ1v) is 9.42. The Morgan fingerprint density at radius 2 is 2.04 bits per heavy atom. The number of methoxy groups -OCH3 is 1. The largest absolute Gasteiger partial charge is 0.411 e. The highest BCUT2D eigenvalue weighted by molar-refractivity contribution is 7.99. The monoisotopic (exact) mass is 364 g/mol. The van der Waals surface area contributed by atoms with E-state index in [4.69, 9.17) is 19.7 Å². The zero-order chi connectivity index (χ0) is 17.0. The Labute approximate surface area is 149 Å². The maximum atomic E-state index is 8.82. The first-order chi connectivity index (χ1) is 11.7. The summed E-state index contributed by atoms with van der Waals surface area (Å²) in [5.41, 5.74) is 1.20. The second-order valence-electron chi connectivity index (χ2n) is 5.61. The Hall–Kier alpha value is -1.41. The molecule has 1 aromatic carbocycles. The molecule has 1 N–H and O–H groups in total. The highest BCUT2D eigenvalue weighted by Crippen LogP contribution is 2.39. The number of benzene rings is 1. The van der Waals surface area contributed by atoms with Gasteiger partial charge in [0.05, 0.1) is 5.71 Å². The minimum Gasteiger partial charge on any atom is -0.411 e. The van der Waals surface area contributed by atoms with Crippen molar-refractivity contribution in [2.24, 2.45) is 5.16 Å². The molecular weight excluding hydrogens is 344 g/mol. The van der Waals surface area contributed by atoms with E-state index in [2.05, 4.69) is 10.5 Å². The first-order valence-electron chi connectivity index (χ1n) is 7.73. The highest BCUT2D eigenvalue weighted by Gasteiger charge is 2.37. The van der Waals surface area contributed by atoms with Crippen LogP contribution in [0, 0.1) is 0 Å². The molecule has 0 spiro atoms. The van der Waals surface area contributed by atoms with Crippen LogP contribution in [0.4, 0.5) is 0 Å². The van der Waals surface area contributed by atoms with Gasteiger partial charge in [-0.15, -0.1) is 11.3 Å². The van der Waals surface area contributed by atoms with Crippen molar-refractivity contribution in [2.75, 3.05) is 20.3 Å². The molecule has 24 heavy (non-hydrogen) atoms. The second kappa shape index (κ2) is 7.65. The van der Waals surface area contributed by atoms with Crippen molar-refractivity contribution >= 4 is 28.8 Å². The van der Waals surface area contributed by atoms with E-state index in [0.717, 1.165) is 33.3 Å². The maximum Gasteiger partial charge on any atom is 0.126 e. The summed E-state index contributed by atoms with van der Waals surface area (Å²) in [5, 5.41) is 16.1. The normalized spacial score (nSPS) is 17.8. The number of thiazole rings is 1. The Morgan fingerprint density at radius 1 is 1.33 bits per heavy atom. The minimum atomic E-state index is -0.305. The van der Waals surface area contributed by atoms with Gasteiger partial charge in [-0.25, -0.2) is 4.98 Å². The molecule has 7 heteroatoms. The first kappa shape index (κ1) is 17.4. The quantitative estimate of drug-likeness (QED) is 0.491. The molecule has 2 aromatic rings. The van der Waals surface area contributed by atoms with Crippen LogP contribution in [0.3, 0.4) is 0 Å². The molecule has 1 aromatic heterocycles. The molecule has 0 saturated carbocycles. The summed E-state index contributed by atoms with van der Waals surface area (Å²) < 4.78 is 11.3. The van der Waals surface area contributed by atoms with Crippen molar-refractivity contribution in [1.29, 1.82) is 0 Å². The molecule has 1 saturated heterocycles. The number of nitrogens with zero attached hydrogens (tertiary/aromatic N) is 2. The van der Waals surface area contributed by atoms with Crippen LogP contribution in [0.1, 0.15) is 30.3 Å². The van der Waals surface area contributed by atoms with Crippen LogP contribution >= 0.6 is 23.1 Å². The van der Waals surface area contributed by atoms with Gasteiger partial charge in [0.1, 0.15) is 15.6 Å². The van der Waals surface area contributed by atoms with Gasteiger partial charge in [0.25, 0.3) is 0 Å². The lowest BCUT2D eigenvalue weighted by molar-refractivity contribution is -0.0950. The predicted octanol–water partition coefficient (Wildman–Crippen LogP) is 4.14. The molecule has 0 atom stereocenters. The fourth-order valence-corrected chi connectivity index (χ4v) is 4.63. The predicted molar refractivity (Wildman–Crippen MR) is 95.4 cm³/mol. The van der Waals surface area contributed by atoms with Crippen molar-refractivity contribution in [3.05, 3.63) is 40.2 Å². The summed E-state index contributed by atoms with van der Waals surface area (Å²) >= 11 is 3.27. The average Bonchev–Trinajstić information content (AvgIpc) is 3.11. The Bertz CT molecular complexity index is 707. The zero-order valence-corrected chi connectivity index (χ0v) is 15.3. The standard InChI is InChI=1S/C17H20N2O3S2/c1-12(19-20)13-3-5-14(6-4-13)24-15-11-23-16(18-15)17(21-2)7-9-22-10-8-17/h3-6,11,20H,7-10H2,1-2H3/b19-12-. The van der Waals surface area contributed by atoms with Crippen LogP contribution in [0.5, 0.6) is 0 Å². The van der Waals surface area contributed by atoms with Crippen LogP contribution in [-0.2, 0) is 15.1 Å². The van der Waals surface area contributed by atoms with E-state index in [1.54, 1.807) is 37.1 Å². The average molecular weight is 364 g/mol. The summed E-state index contributed by atoms with van der Waals surface area (Å²) in [6, 6.07) is 7.90. The molecule has 0 bridgehead atoms. The van der Waals surface area contributed by atoms with Crippen LogP contribution in [0.25, 0.3) is 0 Å². The molecular formula is C17H20N2O3S2. The molecule has 1 aliphatic heterocycles. The van der Waals surface area contributed by atoms with Crippen molar-refractivity contribution in [1.82, 2.24) is 4.98 Å². The Kier molecular flexibility index (Phi) is 5.55. The van der Waals surface area contributed by atoms with E-state index in [0.29, 0.717) is 18.9 Å². The summed E-state index contributed by atoms with van der Waals surface area (Å²) in [6.45, 7) is 3.19. The van der Waals surface area contributed by atoms with E-state index in [9.17, 15) is 0 Å². The van der Waals surface area contributed by atoms with Crippen LogP contribution < -0.4 is 0 Å². The highest BCUT2D eigenvalue weighted by atomic mass is 32.2. The molecule has 1 aliphatic rings. The van der Waals surface area contributed by atoms with Crippen LogP contribution in [0.2, 0.25) is 0 Å². The van der Waals surface area contributed by atoms with Gasteiger partial charge in [0.2, 0.25) is 0 Å². The summed E-state index contributed by atoms with van der Waals surface area (Å²) in [7, 11) is 1.75. The zero-order valence-electron chi connectivity index (χ0n) is 13.7. The number of aromatic nitrogens is 1. The van der Waals surface area contributed by atoms with E-state index in [1.807, 2.05) is 24.3 Å². The van der Waals surface area contributed by atoms with Crippen molar-refractivity contribution in [3.63, 3.8) is 0 Å². The molecule has 0 aliphatic carbocycles. The van der Waals surface area contributed by atoms with Gasteiger partial charge in [-0.05, 0) is 24.6 Å². The van der Waals surface area contributed by atoms with E-state index in [-0.39, 0.29) is 5.60 Å². The van der Waals surface area contributed by atoms with Crippen LogP contribution in [0.15, 0.2) is 44.7 Å². The van der Waals surface area contributed by atoms with Gasteiger partial charge in [0.15, 0.2) is 0 Å². The third kappa shape index (κ3) is 3.64. The summed E-state index contributed by atoms with van der Waals surface area (Å²) in [6.07, 6.45) is 1.69. The summed E-state index contributed by atoms with van der Waals surface area (Å²) in [5.74, 6) is 0. The molecule has 128 valence electrons. The maximum absolute atomic E-state index is 8.82. The van der Waals surface area contributed by atoms with Gasteiger partial charge in [-0.3, -0.25) is 0 Å².